The Morgan fingerprint density at radius 2 is 1.51 bits per heavy atom. The summed E-state index contributed by atoms with van der Waals surface area (Å²) in [4.78, 5) is 26.3. The minimum atomic E-state index is -1.66. The number of carbonyl (C=O) groups excluding carboxylic acids is 1. The molecule has 0 spiro atoms. The second kappa shape index (κ2) is 15.0. The van der Waals surface area contributed by atoms with Crippen LogP contribution in [-0.4, -0.2) is 141 Å². The highest BCUT2D eigenvalue weighted by Gasteiger charge is 2.70. The van der Waals surface area contributed by atoms with Gasteiger partial charge in [-0.3, -0.25) is 9.59 Å². The van der Waals surface area contributed by atoms with Gasteiger partial charge in [0.2, 0.25) is 0 Å². The summed E-state index contributed by atoms with van der Waals surface area (Å²) in [6.07, 6.45) is -5.39. The summed E-state index contributed by atoms with van der Waals surface area (Å²) in [5, 5.41) is 85.2. The van der Waals surface area contributed by atoms with E-state index >= 15 is 0 Å². The number of fused-ring (bicyclic) bond motifs is 7. The molecule has 6 fully saturated rings. The highest BCUT2D eigenvalue weighted by Crippen LogP contribution is 2.76. The van der Waals surface area contributed by atoms with Crippen molar-refractivity contribution in [2.45, 2.75) is 160 Å². The van der Waals surface area contributed by atoms with Crippen LogP contribution in [-0.2, 0) is 33.3 Å². The number of hydrogen-bond acceptors (Lipinski definition) is 14. The molecule has 2 heterocycles. The molecule has 2 aliphatic heterocycles. The number of rotatable bonds is 8. The number of allylic oxidation sites excluding steroid dienone is 2. The van der Waals surface area contributed by atoms with Crippen LogP contribution in [0.5, 0.6) is 0 Å². The van der Waals surface area contributed by atoms with Crippen LogP contribution in [0.4, 0.5) is 0 Å². The fourth-order valence-electron chi connectivity index (χ4n) is 13.7. The van der Waals surface area contributed by atoms with Crippen molar-refractivity contribution in [1.82, 2.24) is 0 Å². The zero-order valence-corrected chi connectivity index (χ0v) is 34.2. The normalized spacial score (nSPS) is 53.6. The standard InChI is InChI=1S/C42H66O15/c1-37(36(52)53-6)13-15-42(35(50)51)16-14-40(4)21(22(42)17-37)7-8-26-38(2)11-10-27(39(3,20-44)25(38)9-12-41(26,40)5)56-34-31(49)29(47)32(24(18-43)55-34)57-33-30(48)28(46)23(45)19-54-33/h7,22-34,43-49H,8-20H2,1-6H3,(H,50,51)/t22-,23+,24+,25-,26-,27+,28-,29+,30+,31+,32+,33-,34-,37+,38+,39+,40-,41+,42+/m1/s1. The third kappa shape index (κ3) is 6.30. The Hall–Kier alpha value is -1.76. The van der Waals surface area contributed by atoms with Crippen LogP contribution in [0.25, 0.3) is 0 Å². The van der Waals surface area contributed by atoms with Crippen molar-refractivity contribution < 1.29 is 74.1 Å². The number of aliphatic carboxylic acids is 1. The van der Waals surface area contributed by atoms with E-state index in [1.165, 1.54) is 12.7 Å². The molecule has 57 heavy (non-hydrogen) atoms. The first kappa shape index (κ1) is 43.3. The number of aliphatic hydroxyl groups is 7. The molecule has 0 aromatic rings. The van der Waals surface area contributed by atoms with Crippen LogP contribution in [0.1, 0.15) is 98.8 Å². The van der Waals surface area contributed by atoms with Crippen molar-refractivity contribution in [2.24, 2.45) is 50.2 Å². The van der Waals surface area contributed by atoms with Crippen LogP contribution in [0.2, 0.25) is 0 Å². The highest BCUT2D eigenvalue weighted by atomic mass is 16.7. The molecule has 0 amide bonds. The maximum atomic E-state index is 13.2. The second-order valence-corrected chi connectivity index (χ2v) is 19.9. The number of hydrogen-bond donors (Lipinski definition) is 8. The van der Waals surface area contributed by atoms with Crippen LogP contribution in [0.3, 0.4) is 0 Å². The van der Waals surface area contributed by atoms with Gasteiger partial charge in [-0.1, -0.05) is 39.3 Å². The molecule has 0 unspecified atom stereocenters. The lowest BCUT2D eigenvalue weighted by Crippen LogP contribution is -2.67. The lowest BCUT2D eigenvalue weighted by Gasteiger charge is -2.71. The molecule has 2 saturated heterocycles. The van der Waals surface area contributed by atoms with E-state index in [0.717, 1.165) is 32.1 Å². The Balaban J connectivity index is 1.12. The van der Waals surface area contributed by atoms with E-state index in [9.17, 15) is 50.4 Å². The van der Waals surface area contributed by atoms with Crippen molar-refractivity contribution in [3.05, 3.63) is 11.6 Å². The minimum Gasteiger partial charge on any atom is -0.481 e. The number of carboxylic acids is 1. The number of esters is 1. The molecular weight excluding hydrogens is 744 g/mol. The van der Waals surface area contributed by atoms with E-state index < -0.39 is 90.2 Å². The topological polar surface area (TPSA) is 242 Å². The van der Waals surface area contributed by atoms with Gasteiger partial charge in [0.05, 0.1) is 43.9 Å². The smallest absolute Gasteiger partial charge is 0.311 e. The van der Waals surface area contributed by atoms with Gasteiger partial charge in [-0.15, -0.1) is 0 Å². The number of carbonyl (C=O) groups is 2. The van der Waals surface area contributed by atoms with Crippen LogP contribution >= 0.6 is 0 Å². The quantitative estimate of drug-likeness (QED) is 0.0988. The first-order chi connectivity index (χ1) is 26.7. The van der Waals surface area contributed by atoms with E-state index in [1.807, 2.05) is 13.8 Å². The molecule has 0 aromatic carbocycles. The van der Waals surface area contributed by atoms with E-state index in [0.29, 0.717) is 32.1 Å². The molecule has 15 heteroatoms. The van der Waals surface area contributed by atoms with Crippen molar-refractivity contribution in [1.29, 1.82) is 0 Å². The summed E-state index contributed by atoms with van der Waals surface area (Å²) in [5.41, 5.74) is -2.06. The van der Waals surface area contributed by atoms with Crippen molar-refractivity contribution in [2.75, 3.05) is 26.9 Å². The Morgan fingerprint density at radius 3 is 2.16 bits per heavy atom. The predicted molar refractivity (Wildman–Crippen MR) is 200 cm³/mol. The first-order valence-electron chi connectivity index (χ1n) is 20.9. The molecule has 0 radical (unpaired) electrons. The molecular formula is C42H66O15. The molecule has 8 N–H and O–H groups in total. The monoisotopic (exact) mass is 810 g/mol. The molecule has 324 valence electrons. The predicted octanol–water partition coefficient (Wildman–Crippen LogP) is 1.65. The number of ether oxygens (including phenoxy) is 5. The molecule has 0 aromatic heterocycles. The maximum Gasteiger partial charge on any atom is 0.311 e. The Kier molecular flexibility index (Phi) is 11.4. The molecule has 5 aliphatic carbocycles. The lowest BCUT2D eigenvalue weighted by atomic mass is 9.33. The summed E-state index contributed by atoms with van der Waals surface area (Å²) in [7, 11) is 1.40. The summed E-state index contributed by atoms with van der Waals surface area (Å²) in [6.45, 7) is 9.75. The number of carboxylic acid groups (broad SMARTS) is 1. The minimum absolute atomic E-state index is 0.00790. The fraction of sp³-hybridized carbons (Fsp3) is 0.905. The fourth-order valence-corrected chi connectivity index (χ4v) is 13.7. The van der Waals surface area contributed by atoms with Crippen LogP contribution in [0, 0.1) is 50.2 Å². The summed E-state index contributed by atoms with van der Waals surface area (Å²) in [5.74, 6) is -1.17. The molecule has 7 aliphatic rings. The van der Waals surface area contributed by atoms with Gasteiger partial charge < -0.3 is 64.5 Å². The van der Waals surface area contributed by atoms with E-state index in [1.54, 1.807) is 0 Å². The second-order valence-electron chi connectivity index (χ2n) is 19.9. The molecule has 7 rings (SSSR count). The third-order valence-electron chi connectivity index (χ3n) is 17.5. The summed E-state index contributed by atoms with van der Waals surface area (Å²) in [6, 6.07) is 0. The number of aliphatic hydroxyl groups excluding tert-OH is 7. The van der Waals surface area contributed by atoms with Gasteiger partial charge in [0.15, 0.2) is 12.6 Å². The average molecular weight is 811 g/mol. The highest BCUT2D eigenvalue weighted by molar-refractivity contribution is 5.80. The van der Waals surface area contributed by atoms with Crippen LogP contribution in [0.15, 0.2) is 11.6 Å². The Bertz CT molecular complexity index is 1570. The SMILES string of the molecule is COC(=O)[C@@]1(C)CC[C@]2(C(=O)O)CC[C@]3(C)C(=CC[C@@H]4[C@@]5(C)CC[C@H](O[C@H]6O[C@@H](CO)[C@H](O[C@H]7OC[C@H](O)[C@@H](O)[C@@H]7O)[C@@H](O)[C@@H]6O)[C@@](C)(CO)[C@@H]5CC[C@@]43C)[C@H]2C1. The van der Waals surface area contributed by atoms with Gasteiger partial charge in [-0.05, 0) is 105 Å². The van der Waals surface area contributed by atoms with Crippen LogP contribution < -0.4 is 0 Å². The Morgan fingerprint density at radius 1 is 0.825 bits per heavy atom. The van der Waals surface area contributed by atoms with Gasteiger partial charge in [-0.25, -0.2) is 0 Å². The summed E-state index contributed by atoms with van der Waals surface area (Å²) < 4.78 is 28.8. The average Bonchev–Trinajstić information content (AvgIpc) is 3.18. The van der Waals surface area contributed by atoms with Gasteiger partial charge in [0, 0.05) is 5.41 Å². The zero-order valence-electron chi connectivity index (χ0n) is 34.2. The summed E-state index contributed by atoms with van der Waals surface area (Å²) >= 11 is 0. The molecule has 19 atom stereocenters. The largest absolute Gasteiger partial charge is 0.481 e. The van der Waals surface area contributed by atoms with Gasteiger partial charge in [0.25, 0.3) is 0 Å². The molecule has 0 bridgehead atoms. The van der Waals surface area contributed by atoms with E-state index in [2.05, 4.69) is 26.8 Å². The van der Waals surface area contributed by atoms with E-state index in [-0.39, 0.29) is 53.2 Å². The third-order valence-corrected chi connectivity index (χ3v) is 17.5. The van der Waals surface area contributed by atoms with Crippen molar-refractivity contribution in [3.8, 4) is 0 Å². The van der Waals surface area contributed by atoms with Gasteiger partial charge >= 0.3 is 11.9 Å². The lowest BCUT2D eigenvalue weighted by molar-refractivity contribution is -0.362. The molecule has 15 nitrogen and oxygen atoms in total. The van der Waals surface area contributed by atoms with E-state index in [4.69, 9.17) is 23.7 Å². The van der Waals surface area contributed by atoms with Crippen molar-refractivity contribution >= 4 is 11.9 Å². The van der Waals surface area contributed by atoms with Gasteiger partial charge in [0.1, 0.15) is 42.7 Å². The number of methoxy groups -OCH3 is 1. The van der Waals surface area contributed by atoms with Gasteiger partial charge in [-0.2, -0.15) is 0 Å². The van der Waals surface area contributed by atoms with Crippen molar-refractivity contribution in [3.63, 3.8) is 0 Å². The molecule has 4 saturated carbocycles. The Labute approximate surface area is 334 Å². The first-order valence-corrected chi connectivity index (χ1v) is 20.9. The maximum absolute atomic E-state index is 13.2. The zero-order chi connectivity index (χ0) is 41.7.